The molecule has 0 aliphatic carbocycles. The van der Waals surface area contributed by atoms with Gasteiger partial charge >= 0.3 is 0 Å². The third-order valence-corrected chi connectivity index (χ3v) is 6.35. The summed E-state index contributed by atoms with van der Waals surface area (Å²) in [4.78, 5) is 27.7. The number of methoxy groups -OCH3 is 1. The van der Waals surface area contributed by atoms with Crippen LogP contribution in [0.1, 0.15) is 48.8 Å². The van der Waals surface area contributed by atoms with Crippen molar-refractivity contribution in [2.45, 2.75) is 39.8 Å². The summed E-state index contributed by atoms with van der Waals surface area (Å²) in [7, 11) is 1.50. The van der Waals surface area contributed by atoms with Gasteiger partial charge in [0.2, 0.25) is 0 Å². The Kier molecular flexibility index (Phi) is 7.66. The van der Waals surface area contributed by atoms with E-state index in [9.17, 15) is 19.1 Å². The van der Waals surface area contributed by atoms with E-state index in [0.717, 1.165) is 12.5 Å². The molecule has 1 amide bonds. The number of aliphatic hydroxyl groups excluding tert-OH is 1. The van der Waals surface area contributed by atoms with Crippen molar-refractivity contribution in [1.29, 1.82) is 0 Å². The maximum absolute atomic E-state index is 14.3. The van der Waals surface area contributed by atoms with Crippen molar-refractivity contribution in [2.75, 3.05) is 13.7 Å². The van der Waals surface area contributed by atoms with E-state index in [4.69, 9.17) is 13.9 Å². The van der Waals surface area contributed by atoms with E-state index < -0.39 is 29.3 Å². The fourth-order valence-corrected chi connectivity index (χ4v) is 4.23. The number of ether oxygens (including phenoxy) is 2. The van der Waals surface area contributed by atoms with Gasteiger partial charge in [-0.1, -0.05) is 32.0 Å². The van der Waals surface area contributed by atoms with Crippen LogP contribution in [0.15, 0.2) is 64.8 Å². The smallest absolute Gasteiger partial charge is 0.296 e. The number of carbonyl (C=O) groups is 2. The Hall–Kier alpha value is -4.07. The molecule has 1 aliphatic heterocycles. The first-order valence-electron chi connectivity index (χ1n) is 12.1. The lowest BCUT2D eigenvalue weighted by Gasteiger charge is -2.25. The Morgan fingerprint density at radius 3 is 2.57 bits per heavy atom. The second kappa shape index (κ2) is 10.9. The standard InChI is InChI=1S/C29H30FNO6/c1-17(2)11-13-37-23-10-9-19(15-24(23)35-4)26-25(27(32)20-8-7-18(3)22(30)14-20)28(33)29(34)31(26)16-21-6-5-12-36-21/h5-10,12,14-15,17,26,32H,11,13,16H2,1-4H3/t26-/m0/s1. The predicted molar refractivity (Wildman–Crippen MR) is 136 cm³/mol. The molecule has 1 aliphatic rings. The Bertz CT molecular complexity index is 1330. The molecule has 1 saturated heterocycles. The summed E-state index contributed by atoms with van der Waals surface area (Å²) < 4.78 is 31.2. The topological polar surface area (TPSA) is 89.2 Å². The number of amides is 1. The van der Waals surface area contributed by atoms with Gasteiger partial charge in [-0.25, -0.2) is 4.39 Å². The minimum absolute atomic E-state index is 0.00374. The summed E-state index contributed by atoms with van der Waals surface area (Å²) >= 11 is 0. The number of benzene rings is 2. The van der Waals surface area contributed by atoms with Gasteiger partial charge in [-0.3, -0.25) is 9.59 Å². The monoisotopic (exact) mass is 507 g/mol. The average molecular weight is 508 g/mol. The number of nitrogens with zero attached hydrogens (tertiary/aromatic N) is 1. The molecule has 0 bridgehead atoms. The summed E-state index contributed by atoms with van der Waals surface area (Å²) in [5.41, 5.74) is 0.872. The first kappa shape index (κ1) is 26.0. The van der Waals surface area contributed by atoms with Gasteiger partial charge < -0.3 is 23.9 Å². The molecule has 2 heterocycles. The zero-order chi connectivity index (χ0) is 26.7. The molecule has 0 unspecified atom stereocenters. The van der Waals surface area contributed by atoms with Crippen LogP contribution in [0.2, 0.25) is 0 Å². The number of hydrogen-bond donors (Lipinski definition) is 1. The molecule has 0 radical (unpaired) electrons. The maximum atomic E-state index is 14.3. The Balaban J connectivity index is 1.81. The van der Waals surface area contributed by atoms with Gasteiger partial charge in [-0.15, -0.1) is 0 Å². The molecule has 3 aromatic rings. The van der Waals surface area contributed by atoms with Crippen molar-refractivity contribution in [3.05, 3.63) is 88.6 Å². The van der Waals surface area contributed by atoms with Crippen LogP contribution in [0.5, 0.6) is 11.5 Å². The molecule has 8 heteroatoms. The number of ketones is 1. The number of hydrogen-bond acceptors (Lipinski definition) is 6. The molecule has 1 N–H and O–H groups in total. The molecule has 194 valence electrons. The van der Waals surface area contributed by atoms with Gasteiger partial charge in [0.1, 0.15) is 17.3 Å². The molecular formula is C29H30FNO6. The van der Waals surface area contributed by atoms with Gasteiger partial charge in [0, 0.05) is 5.56 Å². The van der Waals surface area contributed by atoms with Gasteiger partial charge in [0.15, 0.2) is 11.5 Å². The fraction of sp³-hybridized carbons (Fsp3) is 0.310. The van der Waals surface area contributed by atoms with Crippen molar-refractivity contribution >= 4 is 17.4 Å². The van der Waals surface area contributed by atoms with E-state index in [1.54, 1.807) is 37.3 Å². The Morgan fingerprint density at radius 2 is 1.92 bits per heavy atom. The zero-order valence-electron chi connectivity index (χ0n) is 21.3. The molecule has 1 aromatic heterocycles. The highest BCUT2D eigenvalue weighted by Gasteiger charge is 2.46. The van der Waals surface area contributed by atoms with E-state index in [-0.39, 0.29) is 17.7 Å². The second-order valence-corrected chi connectivity index (χ2v) is 9.41. The van der Waals surface area contributed by atoms with Gasteiger partial charge in [-0.2, -0.15) is 0 Å². The van der Waals surface area contributed by atoms with Crippen molar-refractivity contribution in [2.24, 2.45) is 5.92 Å². The molecule has 1 fully saturated rings. The number of rotatable bonds is 9. The molecule has 0 spiro atoms. The van der Waals surface area contributed by atoms with E-state index in [2.05, 4.69) is 13.8 Å². The molecule has 37 heavy (non-hydrogen) atoms. The van der Waals surface area contributed by atoms with E-state index in [1.165, 1.54) is 30.4 Å². The summed E-state index contributed by atoms with van der Waals surface area (Å²) in [5, 5.41) is 11.2. The van der Waals surface area contributed by atoms with Crippen LogP contribution in [0, 0.1) is 18.7 Å². The molecule has 7 nitrogen and oxygen atoms in total. The van der Waals surface area contributed by atoms with Crippen LogP contribution >= 0.6 is 0 Å². The van der Waals surface area contributed by atoms with Gasteiger partial charge in [0.25, 0.3) is 11.7 Å². The molecular weight excluding hydrogens is 477 g/mol. The van der Waals surface area contributed by atoms with Gasteiger partial charge in [0.05, 0.1) is 38.1 Å². The highest BCUT2D eigenvalue weighted by Crippen LogP contribution is 2.43. The Morgan fingerprint density at radius 1 is 1.14 bits per heavy atom. The number of carbonyl (C=O) groups excluding carboxylic acids is 2. The largest absolute Gasteiger partial charge is 0.507 e. The normalized spacial score (nSPS) is 17.0. The van der Waals surface area contributed by atoms with Crippen molar-refractivity contribution in [3.63, 3.8) is 0 Å². The lowest BCUT2D eigenvalue weighted by molar-refractivity contribution is -0.140. The number of likely N-dealkylation sites (tertiary alicyclic amines) is 1. The minimum Gasteiger partial charge on any atom is -0.507 e. The highest BCUT2D eigenvalue weighted by molar-refractivity contribution is 6.46. The van der Waals surface area contributed by atoms with Crippen LogP contribution in [0.25, 0.3) is 5.76 Å². The number of furan rings is 1. The number of aryl methyl sites for hydroxylation is 1. The molecule has 2 aromatic carbocycles. The van der Waals surface area contributed by atoms with Crippen LogP contribution in [0.4, 0.5) is 4.39 Å². The van der Waals surface area contributed by atoms with E-state index in [1.807, 2.05) is 0 Å². The first-order valence-corrected chi connectivity index (χ1v) is 12.1. The summed E-state index contributed by atoms with van der Waals surface area (Å²) in [6.07, 6.45) is 2.34. The third-order valence-electron chi connectivity index (χ3n) is 6.35. The Labute approximate surface area is 215 Å². The molecule has 1 atom stereocenters. The molecule has 0 saturated carbocycles. The van der Waals surface area contributed by atoms with E-state index in [0.29, 0.717) is 40.9 Å². The summed E-state index contributed by atoms with van der Waals surface area (Å²) in [6, 6.07) is 11.7. The van der Waals surface area contributed by atoms with Crippen molar-refractivity contribution in [3.8, 4) is 11.5 Å². The summed E-state index contributed by atoms with van der Waals surface area (Å²) in [5.74, 6) is -0.776. The number of aliphatic hydroxyl groups is 1. The first-order chi connectivity index (χ1) is 17.7. The third kappa shape index (κ3) is 5.38. The summed E-state index contributed by atoms with van der Waals surface area (Å²) in [6.45, 7) is 6.30. The minimum atomic E-state index is -0.965. The van der Waals surface area contributed by atoms with E-state index >= 15 is 0 Å². The SMILES string of the molecule is COc1cc([C@H]2C(=C(O)c3ccc(C)c(F)c3)C(=O)C(=O)N2Cc2ccco2)ccc1OCCC(C)C. The average Bonchev–Trinajstić information content (AvgIpc) is 3.47. The zero-order valence-corrected chi connectivity index (χ0v) is 21.3. The number of Topliss-reactive ketones (excluding diaryl/α,β-unsaturated/α-hetero) is 1. The maximum Gasteiger partial charge on any atom is 0.296 e. The van der Waals surface area contributed by atoms with Gasteiger partial charge in [-0.05, 0) is 60.7 Å². The quantitative estimate of drug-likeness (QED) is 0.224. The van der Waals surface area contributed by atoms with Crippen LogP contribution in [0.3, 0.4) is 0 Å². The van der Waals surface area contributed by atoms with Crippen molar-refractivity contribution < 1.29 is 33.0 Å². The number of halogens is 1. The lowest BCUT2D eigenvalue weighted by Crippen LogP contribution is -2.29. The molecule has 4 rings (SSSR count). The fourth-order valence-electron chi connectivity index (χ4n) is 4.23. The lowest BCUT2D eigenvalue weighted by atomic mass is 9.94. The van der Waals surface area contributed by atoms with Crippen LogP contribution < -0.4 is 9.47 Å². The highest BCUT2D eigenvalue weighted by atomic mass is 19.1. The second-order valence-electron chi connectivity index (χ2n) is 9.41. The van der Waals surface area contributed by atoms with Crippen LogP contribution in [-0.2, 0) is 16.1 Å². The predicted octanol–water partition coefficient (Wildman–Crippen LogP) is 5.78. The van der Waals surface area contributed by atoms with Crippen molar-refractivity contribution in [1.82, 2.24) is 4.90 Å². The van der Waals surface area contributed by atoms with Crippen LogP contribution in [-0.4, -0.2) is 35.4 Å².